The fourth-order valence-electron chi connectivity index (χ4n) is 3.60. The Balaban J connectivity index is 1.79. The Morgan fingerprint density at radius 3 is 2.23 bits per heavy atom. The number of nitrogens with zero attached hydrogens (tertiary/aromatic N) is 2. The third-order valence-electron chi connectivity index (χ3n) is 4.95. The summed E-state index contributed by atoms with van der Waals surface area (Å²) in [4.78, 5) is 12.4. The van der Waals surface area contributed by atoms with Gasteiger partial charge in [0.05, 0.1) is 20.4 Å². The molecule has 0 saturated heterocycles. The smallest absolute Gasteiger partial charge is 0.271 e. The molecule has 0 fully saturated rings. The molecule has 0 radical (unpaired) electrons. The number of hydrogen-bond acceptors (Lipinski definition) is 4. The summed E-state index contributed by atoms with van der Waals surface area (Å²) in [5.41, 5.74) is 9.67. The van der Waals surface area contributed by atoms with Crippen LogP contribution in [0.1, 0.15) is 38.4 Å². The molecule has 1 amide bonds. The van der Waals surface area contributed by atoms with Gasteiger partial charge < -0.3 is 14.0 Å². The zero-order valence-electron chi connectivity index (χ0n) is 18.2. The molecule has 30 heavy (non-hydrogen) atoms. The molecule has 0 bridgehead atoms. The van der Waals surface area contributed by atoms with Gasteiger partial charge in [0, 0.05) is 28.2 Å². The molecule has 2 aromatic carbocycles. The number of aromatic nitrogens is 1. The van der Waals surface area contributed by atoms with Crippen molar-refractivity contribution in [2.45, 2.75) is 27.7 Å². The predicted molar refractivity (Wildman–Crippen MR) is 119 cm³/mol. The third-order valence-corrected chi connectivity index (χ3v) is 4.95. The van der Waals surface area contributed by atoms with Crippen LogP contribution in [0.2, 0.25) is 0 Å². The van der Waals surface area contributed by atoms with E-state index in [0.29, 0.717) is 17.1 Å². The van der Waals surface area contributed by atoms with Crippen LogP contribution in [0.3, 0.4) is 0 Å². The second-order valence-electron chi connectivity index (χ2n) is 7.28. The van der Waals surface area contributed by atoms with Crippen LogP contribution in [0.25, 0.3) is 5.69 Å². The quantitative estimate of drug-likeness (QED) is 0.485. The highest BCUT2D eigenvalue weighted by Gasteiger charge is 2.12. The molecule has 1 aromatic heterocycles. The third kappa shape index (κ3) is 4.38. The van der Waals surface area contributed by atoms with E-state index in [9.17, 15) is 4.79 Å². The molecular weight excluding hydrogens is 378 g/mol. The molecule has 1 heterocycles. The summed E-state index contributed by atoms with van der Waals surface area (Å²) in [5.74, 6) is 0.734. The second-order valence-corrected chi connectivity index (χ2v) is 7.28. The molecule has 0 aliphatic carbocycles. The van der Waals surface area contributed by atoms with E-state index in [4.69, 9.17) is 9.47 Å². The highest BCUT2D eigenvalue weighted by Crippen LogP contribution is 2.27. The molecule has 6 nitrogen and oxygen atoms in total. The van der Waals surface area contributed by atoms with Gasteiger partial charge >= 0.3 is 0 Å². The Morgan fingerprint density at radius 2 is 1.60 bits per heavy atom. The van der Waals surface area contributed by atoms with E-state index in [0.717, 1.165) is 22.6 Å². The topological polar surface area (TPSA) is 64.8 Å². The van der Waals surface area contributed by atoms with Crippen LogP contribution < -0.4 is 14.9 Å². The number of ether oxygens (including phenoxy) is 2. The highest BCUT2D eigenvalue weighted by molar-refractivity contribution is 5.95. The lowest BCUT2D eigenvalue weighted by Gasteiger charge is -2.11. The van der Waals surface area contributed by atoms with Gasteiger partial charge in [-0.1, -0.05) is 6.07 Å². The van der Waals surface area contributed by atoms with E-state index in [1.165, 1.54) is 18.2 Å². The van der Waals surface area contributed by atoms with Crippen LogP contribution in [0.4, 0.5) is 0 Å². The molecule has 0 atom stereocenters. The van der Waals surface area contributed by atoms with E-state index >= 15 is 0 Å². The molecule has 0 spiro atoms. The van der Waals surface area contributed by atoms with Gasteiger partial charge in [-0.15, -0.1) is 0 Å². The molecule has 156 valence electrons. The minimum atomic E-state index is -0.324. The van der Waals surface area contributed by atoms with Crippen molar-refractivity contribution in [1.82, 2.24) is 9.99 Å². The minimum absolute atomic E-state index is 0.324. The number of rotatable bonds is 6. The molecule has 3 rings (SSSR count). The van der Waals surface area contributed by atoms with Crippen LogP contribution in [0, 0.1) is 27.7 Å². The molecule has 0 aliphatic rings. The lowest BCUT2D eigenvalue weighted by Crippen LogP contribution is -2.17. The average Bonchev–Trinajstić information content (AvgIpc) is 2.99. The van der Waals surface area contributed by atoms with Crippen molar-refractivity contribution < 1.29 is 14.3 Å². The van der Waals surface area contributed by atoms with E-state index < -0.39 is 0 Å². The maximum atomic E-state index is 12.4. The van der Waals surface area contributed by atoms with Crippen LogP contribution in [-0.2, 0) is 0 Å². The number of methoxy groups -OCH3 is 2. The standard InChI is InChI=1S/C24H27N3O3/c1-15-9-16(2)11-21(10-15)27-17(3)12-20(18(27)4)14-25-26-24(28)19-7-8-22(29-5)23(13-19)30-6/h7-14H,1-6H3,(H,26,28)/b25-14-. The lowest BCUT2D eigenvalue weighted by molar-refractivity contribution is 0.0954. The maximum Gasteiger partial charge on any atom is 0.271 e. The molecular formula is C24H27N3O3. The number of hydrazone groups is 1. The summed E-state index contributed by atoms with van der Waals surface area (Å²) in [6.07, 6.45) is 1.67. The summed E-state index contributed by atoms with van der Waals surface area (Å²) in [7, 11) is 3.08. The summed E-state index contributed by atoms with van der Waals surface area (Å²) in [6.45, 7) is 8.29. The number of amides is 1. The number of carbonyl (C=O) groups excluding carboxylic acids is 1. The van der Waals surface area contributed by atoms with E-state index in [1.807, 2.05) is 6.92 Å². The van der Waals surface area contributed by atoms with E-state index in [1.54, 1.807) is 31.5 Å². The fraction of sp³-hybridized carbons (Fsp3) is 0.250. The SMILES string of the molecule is COc1ccc(C(=O)N/N=C\c2cc(C)n(-c3cc(C)cc(C)c3)c2C)cc1OC. The van der Waals surface area contributed by atoms with Gasteiger partial charge in [0.15, 0.2) is 11.5 Å². The van der Waals surface area contributed by atoms with Gasteiger partial charge in [-0.2, -0.15) is 5.10 Å². The van der Waals surface area contributed by atoms with Crippen molar-refractivity contribution in [2.75, 3.05) is 14.2 Å². The lowest BCUT2D eigenvalue weighted by atomic mass is 10.1. The van der Waals surface area contributed by atoms with Gasteiger partial charge in [-0.3, -0.25) is 4.79 Å². The number of aryl methyl sites for hydroxylation is 3. The number of carbonyl (C=O) groups is 1. The van der Waals surface area contributed by atoms with Crippen molar-refractivity contribution in [3.63, 3.8) is 0 Å². The largest absolute Gasteiger partial charge is 0.493 e. The maximum absolute atomic E-state index is 12.4. The Labute approximate surface area is 177 Å². The van der Waals surface area contributed by atoms with Crippen molar-refractivity contribution in [3.8, 4) is 17.2 Å². The Kier molecular flexibility index (Phi) is 6.26. The Morgan fingerprint density at radius 1 is 0.933 bits per heavy atom. The normalized spacial score (nSPS) is 11.0. The zero-order valence-corrected chi connectivity index (χ0v) is 18.2. The van der Waals surface area contributed by atoms with Crippen LogP contribution in [-0.4, -0.2) is 30.9 Å². The molecule has 6 heteroatoms. The first-order valence-corrected chi connectivity index (χ1v) is 9.67. The van der Waals surface area contributed by atoms with Gasteiger partial charge in [-0.25, -0.2) is 5.43 Å². The van der Waals surface area contributed by atoms with Crippen molar-refractivity contribution in [2.24, 2.45) is 5.10 Å². The monoisotopic (exact) mass is 405 g/mol. The van der Waals surface area contributed by atoms with Gasteiger partial charge in [0.25, 0.3) is 5.91 Å². The van der Waals surface area contributed by atoms with Crippen molar-refractivity contribution in [3.05, 3.63) is 76.1 Å². The molecule has 3 aromatic rings. The van der Waals surface area contributed by atoms with Gasteiger partial charge in [-0.05, 0) is 75.2 Å². The average molecular weight is 405 g/mol. The predicted octanol–water partition coefficient (Wildman–Crippen LogP) is 4.49. The first-order valence-electron chi connectivity index (χ1n) is 9.67. The number of nitrogens with one attached hydrogen (secondary N) is 1. The van der Waals surface area contributed by atoms with E-state index in [-0.39, 0.29) is 5.91 Å². The fourth-order valence-corrected chi connectivity index (χ4v) is 3.60. The minimum Gasteiger partial charge on any atom is -0.493 e. The molecule has 0 saturated carbocycles. The first kappa shape index (κ1) is 21.2. The molecule has 0 unspecified atom stereocenters. The van der Waals surface area contributed by atoms with Crippen LogP contribution in [0.5, 0.6) is 11.5 Å². The summed E-state index contributed by atoms with van der Waals surface area (Å²) in [6, 6.07) is 13.5. The number of hydrogen-bond donors (Lipinski definition) is 1. The second kappa shape index (κ2) is 8.86. The molecule has 1 N–H and O–H groups in total. The summed E-state index contributed by atoms with van der Waals surface area (Å²) >= 11 is 0. The zero-order chi connectivity index (χ0) is 21.8. The Bertz CT molecular complexity index is 1090. The number of benzene rings is 2. The van der Waals surface area contributed by atoms with Gasteiger partial charge in [0.2, 0.25) is 0 Å². The van der Waals surface area contributed by atoms with Crippen molar-refractivity contribution in [1.29, 1.82) is 0 Å². The van der Waals surface area contributed by atoms with Gasteiger partial charge in [0.1, 0.15) is 0 Å². The molecule has 0 aliphatic heterocycles. The Hall–Kier alpha value is -3.54. The summed E-state index contributed by atoms with van der Waals surface area (Å²) in [5, 5.41) is 4.15. The van der Waals surface area contributed by atoms with E-state index in [2.05, 4.69) is 60.1 Å². The van der Waals surface area contributed by atoms with Crippen LogP contribution >= 0.6 is 0 Å². The first-order chi connectivity index (χ1) is 14.3. The highest BCUT2D eigenvalue weighted by atomic mass is 16.5. The van der Waals surface area contributed by atoms with Crippen LogP contribution in [0.15, 0.2) is 47.6 Å². The van der Waals surface area contributed by atoms with Crippen molar-refractivity contribution >= 4 is 12.1 Å². The summed E-state index contributed by atoms with van der Waals surface area (Å²) < 4.78 is 12.6.